The summed E-state index contributed by atoms with van der Waals surface area (Å²) in [7, 11) is 0. The topological polar surface area (TPSA) is 99.0 Å². The number of rotatable bonds is 1. The van der Waals surface area contributed by atoms with Gasteiger partial charge in [-0.15, -0.1) is 0 Å². The SMILES string of the molecule is Cc1cc(C#N)nc(N2CC(=O)NC(=O)C2C)n1. The van der Waals surface area contributed by atoms with Crippen LogP contribution in [-0.4, -0.2) is 34.4 Å². The van der Waals surface area contributed by atoms with E-state index >= 15 is 0 Å². The average molecular weight is 245 g/mol. The molecule has 1 N–H and O–H groups in total. The Kier molecular flexibility index (Phi) is 2.93. The minimum Gasteiger partial charge on any atom is -0.320 e. The quantitative estimate of drug-likeness (QED) is 0.670. The molecule has 1 aromatic rings. The number of carbonyl (C=O) groups excluding carboxylic acids is 2. The van der Waals surface area contributed by atoms with E-state index in [9.17, 15) is 9.59 Å². The highest BCUT2D eigenvalue weighted by molar-refractivity contribution is 6.04. The Morgan fingerprint density at radius 1 is 1.50 bits per heavy atom. The lowest BCUT2D eigenvalue weighted by Gasteiger charge is -2.31. The van der Waals surface area contributed by atoms with Crippen molar-refractivity contribution in [3.8, 4) is 6.07 Å². The molecule has 0 aliphatic carbocycles. The molecule has 2 amide bonds. The second-order valence-corrected chi connectivity index (χ2v) is 4.02. The number of aromatic nitrogens is 2. The minimum absolute atomic E-state index is 0.00122. The molecule has 1 fully saturated rings. The van der Waals surface area contributed by atoms with Gasteiger partial charge in [0, 0.05) is 5.69 Å². The first-order valence-corrected chi connectivity index (χ1v) is 5.37. The summed E-state index contributed by atoms with van der Waals surface area (Å²) in [6.45, 7) is 3.38. The molecule has 0 radical (unpaired) electrons. The second kappa shape index (κ2) is 4.41. The van der Waals surface area contributed by atoms with Crippen LogP contribution in [0.2, 0.25) is 0 Å². The molecule has 0 spiro atoms. The third-order valence-electron chi connectivity index (χ3n) is 2.64. The van der Waals surface area contributed by atoms with E-state index in [1.54, 1.807) is 19.9 Å². The van der Waals surface area contributed by atoms with E-state index < -0.39 is 17.9 Å². The summed E-state index contributed by atoms with van der Waals surface area (Å²) < 4.78 is 0. The maximum absolute atomic E-state index is 11.5. The highest BCUT2D eigenvalue weighted by Crippen LogP contribution is 2.15. The van der Waals surface area contributed by atoms with Crippen LogP contribution in [0.25, 0.3) is 0 Å². The summed E-state index contributed by atoms with van der Waals surface area (Å²) in [6.07, 6.45) is 0. The summed E-state index contributed by atoms with van der Waals surface area (Å²) in [5.74, 6) is -0.571. The lowest BCUT2D eigenvalue weighted by Crippen LogP contribution is -2.57. The van der Waals surface area contributed by atoms with Crippen molar-refractivity contribution < 1.29 is 9.59 Å². The molecule has 2 heterocycles. The molecule has 7 heteroatoms. The molecule has 1 saturated heterocycles. The van der Waals surface area contributed by atoms with Crippen LogP contribution in [0.3, 0.4) is 0 Å². The standard InChI is InChI=1S/C11H11N5O2/c1-6-3-8(4-12)14-11(13-6)16-5-9(17)15-10(18)7(16)2/h3,7H,5H2,1-2H3,(H,15,17,18). The van der Waals surface area contributed by atoms with Gasteiger partial charge in [0.15, 0.2) is 0 Å². The highest BCUT2D eigenvalue weighted by atomic mass is 16.2. The summed E-state index contributed by atoms with van der Waals surface area (Å²) in [4.78, 5) is 32.5. The number of nitriles is 1. The number of imide groups is 1. The van der Waals surface area contributed by atoms with Crippen molar-refractivity contribution in [3.63, 3.8) is 0 Å². The molecule has 18 heavy (non-hydrogen) atoms. The number of anilines is 1. The van der Waals surface area contributed by atoms with Crippen LogP contribution in [0.4, 0.5) is 5.95 Å². The van der Waals surface area contributed by atoms with Crippen molar-refractivity contribution in [2.45, 2.75) is 19.9 Å². The van der Waals surface area contributed by atoms with Crippen LogP contribution < -0.4 is 10.2 Å². The maximum Gasteiger partial charge on any atom is 0.249 e. The van der Waals surface area contributed by atoms with Crippen molar-refractivity contribution in [2.75, 3.05) is 11.4 Å². The van der Waals surface area contributed by atoms with Crippen LogP contribution in [-0.2, 0) is 9.59 Å². The van der Waals surface area contributed by atoms with Crippen LogP contribution in [0.5, 0.6) is 0 Å². The smallest absolute Gasteiger partial charge is 0.249 e. The van der Waals surface area contributed by atoms with E-state index in [4.69, 9.17) is 5.26 Å². The van der Waals surface area contributed by atoms with Gasteiger partial charge in [-0.05, 0) is 19.9 Å². The zero-order chi connectivity index (χ0) is 13.3. The van der Waals surface area contributed by atoms with Gasteiger partial charge in [0.2, 0.25) is 17.8 Å². The van der Waals surface area contributed by atoms with E-state index in [0.717, 1.165) is 0 Å². The van der Waals surface area contributed by atoms with E-state index in [-0.39, 0.29) is 18.2 Å². The number of nitrogens with one attached hydrogen (secondary N) is 1. The molecule has 1 unspecified atom stereocenters. The predicted octanol–water partition coefficient (Wildman–Crippen LogP) is -0.492. The molecule has 0 saturated carbocycles. The summed E-state index contributed by atoms with van der Waals surface area (Å²) in [5.41, 5.74) is 0.824. The lowest BCUT2D eigenvalue weighted by molar-refractivity contribution is -0.132. The molecule has 0 bridgehead atoms. The lowest BCUT2D eigenvalue weighted by atomic mass is 10.2. The van der Waals surface area contributed by atoms with E-state index in [2.05, 4.69) is 15.3 Å². The zero-order valence-electron chi connectivity index (χ0n) is 9.97. The van der Waals surface area contributed by atoms with Crippen molar-refractivity contribution in [1.82, 2.24) is 15.3 Å². The van der Waals surface area contributed by atoms with Gasteiger partial charge in [-0.25, -0.2) is 9.97 Å². The van der Waals surface area contributed by atoms with E-state index in [1.807, 2.05) is 6.07 Å². The number of carbonyl (C=O) groups is 2. The predicted molar refractivity (Wildman–Crippen MR) is 61.4 cm³/mol. The Morgan fingerprint density at radius 2 is 2.22 bits per heavy atom. The minimum atomic E-state index is -0.545. The van der Waals surface area contributed by atoms with Gasteiger partial charge in [0.05, 0.1) is 0 Å². The van der Waals surface area contributed by atoms with E-state index in [0.29, 0.717) is 5.69 Å². The Morgan fingerprint density at radius 3 is 2.89 bits per heavy atom. The number of aryl methyl sites for hydroxylation is 1. The Bertz CT molecular complexity index is 563. The van der Waals surface area contributed by atoms with Crippen LogP contribution in [0.1, 0.15) is 18.3 Å². The van der Waals surface area contributed by atoms with Crippen molar-refractivity contribution in [2.24, 2.45) is 0 Å². The third-order valence-corrected chi connectivity index (χ3v) is 2.64. The molecule has 2 rings (SSSR count). The second-order valence-electron chi connectivity index (χ2n) is 4.02. The summed E-state index contributed by atoms with van der Waals surface area (Å²) in [6, 6.07) is 2.92. The van der Waals surface area contributed by atoms with Gasteiger partial charge in [0.25, 0.3) is 0 Å². The first-order valence-electron chi connectivity index (χ1n) is 5.37. The molecule has 0 aromatic carbocycles. The fourth-order valence-corrected chi connectivity index (χ4v) is 1.70. The van der Waals surface area contributed by atoms with Gasteiger partial charge >= 0.3 is 0 Å². The van der Waals surface area contributed by atoms with Gasteiger partial charge < -0.3 is 4.90 Å². The fraction of sp³-hybridized carbons (Fsp3) is 0.364. The van der Waals surface area contributed by atoms with Gasteiger partial charge in [-0.2, -0.15) is 5.26 Å². The number of nitrogens with zero attached hydrogens (tertiary/aromatic N) is 4. The molecular formula is C11H11N5O2. The Balaban J connectivity index is 2.41. The monoisotopic (exact) mass is 245 g/mol. The van der Waals surface area contributed by atoms with Crippen LogP contribution >= 0.6 is 0 Å². The number of piperazine rings is 1. The van der Waals surface area contributed by atoms with Gasteiger partial charge in [-0.3, -0.25) is 14.9 Å². The van der Waals surface area contributed by atoms with Crippen molar-refractivity contribution in [1.29, 1.82) is 5.26 Å². The summed E-state index contributed by atoms with van der Waals surface area (Å²) >= 11 is 0. The zero-order valence-corrected chi connectivity index (χ0v) is 9.97. The molecule has 1 aliphatic heterocycles. The third kappa shape index (κ3) is 2.13. The Hall–Kier alpha value is -2.49. The maximum atomic E-state index is 11.5. The normalized spacial score (nSPS) is 19.4. The average Bonchev–Trinajstić information content (AvgIpc) is 2.32. The molecular weight excluding hydrogens is 234 g/mol. The van der Waals surface area contributed by atoms with Crippen molar-refractivity contribution >= 4 is 17.8 Å². The van der Waals surface area contributed by atoms with Crippen molar-refractivity contribution in [3.05, 3.63) is 17.5 Å². The first-order chi connectivity index (χ1) is 8.51. The van der Waals surface area contributed by atoms with E-state index in [1.165, 1.54) is 4.90 Å². The fourth-order valence-electron chi connectivity index (χ4n) is 1.70. The number of hydrogen-bond donors (Lipinski definition) is 1. The van der Waals surface area contributed by atoms with Gasteiger partial charge in [0.1, 0.15) is 24.3 Å². The molecule has 1 atom stereocenters. The first kappa shape index (κ1) is 12.0. The van der Waals surface area contributed by atoms with Crippen LogP contribution in [0, 0.1) is 18.3 Å². The molecule has 7 nitrogen and oxygen atoms in total. The van der Waals surface area contributed by atoms with Crippen LogP contribution in [0.15, 0.2) is 6.07 Å². The number of hydrogen-bond acceptors (Lipinski definition) is 6. The largest absolute Gasteiger partial charge is 0.320 e. The Labute approximate surface area is 103 Å². The molecule has 1 aromatic heterocycles. The number of amides is 2. The summed E-state index contributed by atoms with van der Waals surface area (Å²) in [5, 5.41) is 11.1. The highest BCUT2D eigenvalue weighted by Gasteiger charge is 2.32. The molecule has 1 aliphatic rings. The molecule has 92 valence electrons. The van der Waals surface area contributed by atoms with Gasteiger partial charge in [-0.1, -0.05) is 0 Å².